The maximum absolute atomic E-state index is 11.9. The van der Waals surface area contributed by atoms with Gasteiger partial charge in [0.25, 0.3) is 11.8 Å². The first kappa shape index (κ1) is 21.5. The van der Waals surface area contributed by atoms with E-state index < -0.39 is 11.8 Å². The van der Waals surface area contributed by atoms with Gasteiger partial charge in [-0.25, -0.2) is 19.9 Å². The van der Waals surface area contributed by atoms with Gasteiger partial charge in [0.2, 0.25) is 0 Å². The monoisotopic (exact) mass is 474 g/mol. The molecule has 0 atom stereocenters. The summed E-state index contributed by atoms with van der Waals surface area (Å²) in [5.74, 6) is -1.18. The molecule has 0 unspecified atom stereocenters. The maximum atomic E-state index is 11.9. The second-order valence-electron chi connectivity index (χ2n) is 8.34. The van der Waals surface area contributed by atoms with Gasteiger partial charge in [-0.05, 0) is 53.6 Å². The van der Waals surface area contributed by atoms with Crippen molar-refractivity contribution in [3.63, 3.8) is 0 Å². The molecule has 36 heavy (non-hydrogen) atoms. The summed E-state index contributed by atoms with van der Waals surface area (Å²) >= 11 is 0. The van der Waals surface area contributed by atoms with Crippen LogP contribution in [0.1, 0.15) is 26.3 Å². The number of fused-ring (bicyclic) bond motifs is 4. The lowest BCUT2D eigenvalue weighted by Crippen LogP contribution is -2.12. The highest BCUT2D eigenvalue weighted by atomic mass is 16.3. The molecule has 5 N–H and O–H groups in total. The summed E-state index contributed by atoms with van der Waals surface area (Å²) in [4.78, 5) is 42.4. The minimum atomic E-state index is -0.605. The molecule has 174 valence electrons. The van der Waals surface area contributed by atoms with Gasteiger partial charge in [-0.3, -0.25) is 9.59 Å². The highest BCUT2D eigenvalue weighted by Crippen LogP contribution is 2.32. The Labute approximate surface area is 203 Å². The van der Waals surface area contributed by atoms with Crippen molar-refractivity contribution >= 4 is 55.9 Å². The summed E-state index contributed by atoms with van der Waals surface area (Å²) < 4.78 is 0. The lowest BCUT2D eigenvalue weighted by Gasteiger charge is -2.13. The van der Waals surface area contributed by atoms with Crippen molar-refractivity contribution in [1.82, 2.24) is 19.9 Å². The SMILES string of the molecule is NC(=O)c1cccc2nc3ccc(-c4ccc5nc6cccc(C(N)=O)c6nc5c4CO)cc3nc12. The Hall–Kier alpha value is -5.02. The third-order valence-corrected chi connectivity index (χ3v) is 6.20. The number of primary amides is 2. The van der Waals surface area contributed by atoms with Gasteiger partial charge in [-0.2, -0.15) is 0 Å². The van der Waals surface area contributed by atoms with Crippen LogP contribution in [0.3, 0.4) is 0 Å². The van der Waals surface area contributed by atoms with Crippen molar-refractivity contribution < 1.29 is 14.7 Å². The number of hydrogen-bond acceptors (Lipinski definition) is 7. The maximum Gasteiger partial charge on any atom is 0.250 e. The van der Waals surface area contributed by atoms with Crippen molar-refractivity contribution in [2.45, 2.75) is 6.61 Å². The standard InChI is InChI=1S/C27H18N6O3/c28-26(35)15-3-1-5-19-23(15)32-22-11-13(7-9-18(22)30-19)14-8-10-21-25(17(14)12-34)33-24-16(27(29)36)4-2-6-20(24)31-21/h1-11,34H,12H2,(H2,28,35)(H2,29,36). The van der Waals surface area contributed by atoms with Gasteiger partial charge in [0.05, 0.1) is 50.8 Å². The fraction of sp³-hybridized carbons (Fsp3) is 0.0370. The van der Waals surface area contributed by atoms with E-state index in [0.717, 1.165) is 11.1 Å². The van der Waals surface area contributed by atoms with Crippen LogP contribution in [0.5, 0.6) is 0 Å². The zero-order chi connectivity index (χ0) is 25.0. The van der Waals surface area contributed by atoms with Crippen LogP contribution in [-0.2, 0) is 6.61 Å². The van der Waals surface area contributed by atoms with Gasteiger partial charge < -0.3 is 16.6 Å². The number of carbonyl (C=O) groups is 2. The summed E-state index contributed by atoms with van der Waals surface area (Å²) in [6.45, 7) is -0.307. The number of benzene rings is 4. The molecule has 4 aromatic carbocycles. The molecule has 0 aliphatic heterocycles. The Balaban J connectivity index is 1.60. The van der Waals surface area contributed by atoms with Crippen molar-refractivity contribution in [3.05, 3.63) is 83.4 Å². The van der Waals surface area contributed by atoms with E-state index in [1.165, 1.54) is 0 Å². The van der Waals surface area contributed by atoms with E-state index in [9.17, 15) is 14.7 Å². The van der Waals surface area contributed by atoms with Gasteiger partial charge in [0, 0.05) is 5.56 Å². The van der Waals surface area contributed by atoms with E-state index in [2.05, 4.69) is 19.9 Å². The number of para-hydroxylation sites is 2. The molecule has 2 aromatic heterocycles. The molecule has 0 saturated carbocycles. The summed E-state index contributed by atoms with van der Waals surface area (Å²) in [5, 5.41) is 10.3. The molecular weight excluding hydrogens is 456 g/mol. The number of aromatic nitrogens is 4. The lowest BCUT2D eigenvalue weighted by atomic mass is 9.97. The first-order chi connectivity index (χ1) is 17.4. The normalized spacial score (nSPS) is 11.5. The third-order valence-electron chi connectivity index (χ3n) is 6.20. The molecule has 9 nitrogen and oxygen atoms in total. The molecule has 0 radical (unpaired) electrons. The Morgan fingerprint density at radius 2 is 1.22 bits per heavy atom. The van der Waals surface area contributed by atoms with Crippen LogP contribution >= 0.6 is 0 Å². The zero-order valence-corrected chi connectivity index (χ0v) is 18.8. The van der Waals surface area contributed by atoms with Crippen LogP contribution in [0.2, 0.25) is 0 Å². The Morgan fingerprint density at radius 3 is 1.86 bits per heavy atom. The summed E-state index contributed by atoms with van der Waals surface area (Å²) in [6.07, 6.45) is 0. The predicted molar refractivity (Wildman–Crippen MR) is 136 cm³/mol. The number of carbonyl (C=O) groups excluding carboxylic acids is 2. The predicted octanol–water partition coefficient (Wildman–Crippen LogP) is 3.24. The molecule has 6 rings (SSSR count). The molecule has 0 fully saturated rings. The summed E-state index contributed by atoms with van der Waals surface area (Å²) in [6, 6.07) is 19.4. The largest absolute Gasteiger partial charge is 0.392 e. The molecule has 0 aliphatic carbocycles. The van der Waals surface area contributed by atoms with E-state index >= 15 is 0 Å². The van der Waals surface area contributed by atoms with Crippen LogP contribution in [0.15, 0.2) is 66.7 Å². The first-order valence-corrected chi connectivity index (χ1v) is 11.1. The van der Waals surface area contributed by atoms with Gasteiger partial charge in [-0.1, -0.05) is 24.3 Å². The van der Waals surface area contributed by atoms with Gasteiger partial charge >= 0.3 is 0 Å². The molecule has 2 heterocycles. The first-order valence-electron chi connectivity index (χ1n) is 11.1. The number of rotatable bonds is 4. The molecule has 6 aromatic rings. The van der Waals surface area contributed by atoms with Crippen molar-refractivity contribution in [2.24, 2.45) is 11.5 Å². The molecule has 0 bridgehead atoms. The van der Waals surface area contributed by atoms with Crippen molar-refractivity contribution in [1.29, 1.82) is 0 Å². The second-order valence-corrected chi connectivity index (χ2v) is 8.34. The number of nitrogens with two attached hydrogens (primary N) is 2. The minimum Gasteiger partial charge on any atom is -0.392 e. The Morgan fingerprint density at radius 1 is 0.639 bits per heavy atom. The minimum absolute atomic E-state index is 0.259. The fourth-order valence-corrected chi connectivity index (χ4v) is 4.51. The van der Waals surface area contributed by atoms with Gasteiger partial charge in [-0.15, -0.1) is 0 Å². The van der Waals surface area contributed by atoms with E-state index in [4.69, 9.17) is 11.5 Å². The van der Waals surface area contributed by atoms with E-state index in [0.29, 0.717) is 55.3 Å². The van der Waals surface area contributed by atoms with Crippen LogP contribution < -0.4 is 11.5 Å². The molecule has 9 heteroatoms. The summed E-state index contributed by atoms with van der Waals surface area (Å²) in [7, 11) is 0. The van der Waals surface area contributed by atoms with Crippen LogP contribution in [0.25, 0.3) is 55.3 Å². The molecule has 0 aliphatic rings. The fourth-order valence-electron chi connectivity index (χ4n) is 4.51. The van der Waals surface area contributed by atoms with Crippen LogP contribution in [-0.4, -0.2) is 36.9 Å². The average molecular weight is 474 g/mol. The quantitative estimate of drug-likeness (QED) is 0.331. The van der Waals surface area contributed by atoms with Gasteiger partial charge in [0.15, 0.2) is 0 Å². The number of hydrogen-bond donors (Lipinski definition) is 3. The van der Waals surface area contributed by atoms with Crippen LogP contribution in [0.4, 0.5) is 0 Å². The number of nitrogens with zero attached hydrogens (tertiary/aromatic N) is 4. The number of amides is 2. The molecular formula is C27H18N6O3. The number of aliphatic hydroxyl groups is 1. The van der Waals surface area contributed by atoms with Crippen LogP contribution in [0, 0.1) is 0 Å². The van der Waals surface area contributed by atoms with Crippen molar-refractivity contribution in [2.75, 3.05) is 0 Å². The Kier molecular flexibility index (Phi) is 4.80. The van der Waals surface area contributed by atoms with E-state index in [-0.39, 0.29) is 12.2 Å². The topological polar surface area (TPSA) is 158 Å². The number of aliphatic hydroxyl groups excluding tert-OH is 1. The molecule has 2 amide bonds. The highest BCUT2D eigenvalue weighted by molar-refractivity contribution is 6.07. The third kappa shape index (κ3) is 3.29. The smallest absolute Gasteiger partial charge is 0.250 e. The van der Waals surface area contributed by atoms with E-state index in [1.807, 2.05) is 30.3 Å². The highest BCUT2D eigenvalue weighted by Gasteiger charge is 2.16. The van der Waals surface area contributed by atoms with E-state index in [1.54, 1.807) is 36.4 Å². The van der Waals surface area contributed by atoms with Gasteiger partial charge in [0.1, 0.15) is 11.0 Å². The second kappa shape index (κ2) is 8.03. The zero-order valence-electron chi connectivity index (χ0n) is 18.8. The molecule has 0 spiro atoms. The van der Waals surface area contributed by atoms with Crippen molar-refractivity contribution in [3.8, 4) is 11.1 Å². The Bertz CT molecular complexity index is 1900. The summed E-state index contributed by atoms with van der Waals surface area (Å²) in [5.41, 5.74) is 17.8. The molecule has 0 saturated heterocycles. The average Bonchev–Trinajstić information content (AvgIpc) is 2.88. The lowest BCUT2D eigenvalue weighted by molar-refractivity contribution is 0.0993.